The molecule has 1 atom stereocenters. The van der Waals surface area contributed by atoms with Crippen LogP contribution in [0, 0.1) is 0 Å². The fraction of sp³-hybridized carbons (Fsp3) is 0.577. The van der Waals surface area contributed by atoms with E-state index >= 15 is 0 Å². The van der Waals surface area contributed by atoms with Crippen LogP contribution in [-0.2, 0) is 4.74 Å². The third kappa shape index (κ3) is 5.05. The summed E-state index contributed by atoms with van der Waals surface area (Å²) in [5, 5.41) is 0. The van der Waals surface area contributed by atoms with E-state index in [9.17, 15) is 14.4 Å². The van der Waals surface area contributed by atoms with Gasteiger partial charge in [0, 0.05) is 37.3 Å². The first kappa shape index (κ1) is 24.1. The van der Waals surface area contributed by atoms with Gasteiger partial charge in [-0.2, -0.15) is 0 Å². The Hall–Kier alpha value is -3.03. The highest BCUT2D eigenvalue weighted by atomic mass is 16.6. The standard InChI is InChI=1S/C26H36N4O4/c1-18-17-28(15-16-29(18)25(33)34-26(2,3)4)23(31)21-22(19-11-7-5-8-12-19)30(24(32)27-21)20-13-9-6-10-14-20/h5,7-8,11-12,18,20H,6,9-10,13-17H2,1-4H3,(H,27,32). The van der Waals surface area contributed by atoms with E-state index in [1.807, 2.05) is 62.6 Å². The van der Waals surface area contributed by atoms with Gasteiger partial charge < -0.3 is 19.5 Å². The molecule has 1 aromatic heterocycles. The predicted molar refractivity (Wildman–Crippen MR) is 131 cm³/mol. The second-order valence-electron chi connectivity index (χ2n) is 10.5. The molecule has 0 radical (unpaired) electrons. The van der Waals surface area contributed by atoms with Crippen LogP contribution in [0.3, 0.4) is 0 Å². The highest BCUT2D eigenvalue weighted by Crippen LogP contribution is 2.33. The third-order valence-corrected chi connectivity index (χ3v) is 6.67. The van der Waals surface area contributed by atoms with Gasteiger partial charge >= 0.3 is 11.8 Å². The quantitative estimate of drug-likeness (QED) is 0.722. The minimum absolute atomic E-state index is 0.0946. The zero-order valence-corrected chi connectivity index (χ0v) is 20.7. The Morgan fingerprint density at radius 3 is 2.32 bits per heavy atom. The molecule has 2 aromatic rings. The molecule has 1 aromatic carbocycles. The van der Waals surface area contributed by atoms with Gasteiger partial charge in [0.05, 0.1) is 5.69 Å². The van der Waals surface area contributed by atoms with Crippen LogP contribution in [0.25, 0.3) is 11.3 Å². The van der Waals surface area contributed by atoms with E-state index in [2.05, 4.69) is 4.98 Å². The summed E-state index contributed by atoms with van der Waals surface area (Å²) in [5.41, 5.74) is 1.06. The van der Waals surface area contributed by atoms with Crippen LogP contribution < -0.4 is 5.69 Å². The minimum atomic E-state index is -0.574. The molecule has 0 spiro atoms. The summed E-state index contributed by atoms with van der Waals surface area (Å²) in [6, 6.07) is 9.57. The Morgan fingerprint density at radius 2 is 1.71 bits per heavy atom. The number of ether oxygens (including phenoxy) is 1. The van der Waals surface area contributed by atoms with Crippen LogP contribution in [0.5, 0.6) is 0 Å². The van der Waals surface area contributed by atoms with E-state index in [0.717, 1.165) is 31.2 Å². The number of carbonyl (C=O) groups is 2. The maximum atomic E-state index is 13.7. The second kappa shape index (κ2) is 9.68. The lowest BCUT2D eigenvalue weighted by molar-refractivity contribution is 0.00191. The first-order valence-corrected chi connectivity index (χ1v) is 12.3. The molecule has 2 amide bonds. The van der Waals surface area contributed by atoms with Crippen molar-refractivity contribution in [1.82, 2.24) is 19.4 Å². The summed E-state index contributed by atoms with van der Waals surface area (Å²) in [6.07, 6.45) is 4.87. The van der Waals surface area contributed by atoms with Gasteiger partial charge in [-0.1, -0.05) is 49.6 Å². The Bertz CT molecular complexity index is 1080. The Morgan fingerprint density at radius 1 is 1.03 bits per heavy atom. The molecular formula is C26H36N4O4. The topological polar surface area (TPSA) is 87.6 Å². The maximum Gasteiger partial charge on any atom is 0.410 e. The van der Waals surface area contributed by atoms with Crippen molar-refractivity contribution in [3.8, 4) is 11.3 Å². The summed E-state index contributed by atoms with van der Waals surface area (Å²) in [4.78, 5) is 45.7. The number of aromatic nitrogens is 2. The number of H-pyrrole nitrogens is 1. The number of nitrogens with one attached hydrogen (secondary N) is 1. The maximum absolute atomic E-state index is 13.7. The molecule has 8 heteroatoms. The number of rotatable bonds is 3. The molecular weight excluding hydrogens is 432 g/mol. The van der Waals surface area contributed by atoms with Crippen molar-refractivity contribution in [3.63, 3.8) is 0 Å². The largest absolute Gasteiger partial charge is 0.444 e. The summed E-state index contributed by atoms with van der Waals surface area (Å²) in [5.74, 6) is -0.207. The lowest BCUT2D eigenvalue weighted by Crippen LogP contribution is -2.56. The molecule has 1 N–H and O–H groups in total. The van der Waals surface area contributed by atoms with E-state index in [1.165, 1.54) is 6.42 Å². The smallest absolute Gasteiger partial charge is 0.410 e. The van der Waals surface area contributed by atoms with Crippen LogP contribution in [-0.4, -0.2) is 62.6 Å². The monoisotopic (exact) mass is 468 g/mol. The van der Waals surface area contributed by atoms with Crippen molar-refractivity contribution in [2.75, 3.05) is 19.6 Å². The fourth-order valence-electron chi connectivity index (χ4n) is 5.06. The zero-order valence-electron chi connectivity index (χ0n) is 20.7. The number of amides is 2. The average molecular weight is 469 g/mol. The molecule has 4 rings (SSSR count). The SMILES string of the molecule is CC1CN(C(=O)c2[nH]c(=O)n(C3CCCCC3)c2-c2ccccc2)CCN1C(=O)OC(C)(C)C. The van der Waals surface area contributed by atoms with Crippen LogP contribution in [0.15, 0.2) is 35.1 Å². The number of piperazine rings is 1. The third-order valence-electron chi connectivity index (χ3n) is 6.67. The average Bonchev–Trinajstić information content (AvgIpc) is 3.15. The number of aromatic amines is 1. The van der Waals surface area contributed by atoms with E-state index < -0.39 is 5.60 Å². The van der Waals surface area contributed by atoms with Gasteiger partial charge in [-0.3, -0.25) is 9.36 Å². The van der Waals surface area contributed by atoms with Gasteiger partial charge in [-0.05, 0) is 40.5 Å². The Labute approximate surface area is 200 Å². The molecule has 2 fully saturated rings. The van der Waals surface area contributed by atoms with Crippen molar-refractivity contribution in [2.45, 2.75) is 77.5 Å². The Balaban J connectivity index is 1.62. The van der Waals surface area contributed by atoms with E-state index in [4.69, 9.17) is 4.74 Å². The van der Waals surface area contributed by atoms with Crippen molar-refractivity contribution >= 4 is 12.0 Å². The van der Waals surface area contributed by atoms with Gasteiger partial charge in [0.1, 0.15) is 11.3 Å². The first-order chi connectivity index (χ1) is 16.2. The van der Waals surface area contributed by atoms with Crippen molar-refractivity contribution in [1.29, 1.82) is 0 Å². The molecule has 1 saturated carbocycles. The van der Waals surface area contributed by atoms with Gasteiger partial charge in [-0.25, -0.2) is 9.59 Å². The molecule has 34 heavy (non-hydrogen) atoms. The molecule has 184 valence electrons. The fourth-order valence-corrected chi connectivity index (χ4v) is 5.06. The number of nitrogens with zero attached hydrogens (tertiary/aromatic N) is 3. The van der Waals surface area contributed by atoms with Gasteiger partial charge in [0.25, 0.3) is 5.91 Å². The summed E-state index contributed by atoms with van der Waals surface area (Å²) in [7, 11) is 0. The summed E-state index contributed by atoms with van der Waals surface area (Å²) < 4.78 is 7.33. The molecule has 0 bridgehead atoms. The summed E-state index contributed by atoms with van der Waals surface area (Å²) >= 11 is 0. The van der Waals surface area contributed by atoms with Gasteiger partial charge in [0.2, 0.25) is 0 Å². The van der Waals surface area contributed by atoms with Crippen LogP contribution >= 0.6 is 0 Å². The van der Waals surface area contributed by atoms with Crippen LogP contribution in [0.1, 0.15) is 76.3 Å². The van der Waals surface area contributed by atoms with Crippen LogP contribution in [0.2, 0.25) is 0 Å². The van der Waals surface area contributed by atoms with Gasteiger partial charge in [0.15, 0.2) is 0 Å². The minimum Gasteiger partial charge on any atom is -0.444 e. The number of carbonyl (C=O) groups excluding carboxylic acids is 2. The lowest BCUT2D eigenvalue weighted by atomic mass is 9.94. The van der Waals surface area contributed by atoms with E-state index in [1.54, 1.807) is 9.80 Å². The Kier molecular flexibility index (Phi) is 6.86. The second-order valence-corrected chi connectivity index (χ2v) is 10.5. The molecule has 1 aliphatic carbocycles. The van der Waals surface area contributed by atoms with E-state index in [0.29, 0.717) is 31.0 Å². The number of hydrogen-bond donors (Lipinski definition) is 1. The normalized spacial score (nSPS) is 19.8. The molecule has 8 nitrogen and oxygen atoms in total. The molecule has 1 saturated heterocycles. The highest BCUT2D eigenvalue weighted by molar-refractivity contribution is 5.98. The number of benzene rings is 1. The first-order valence-electron chi connectivity index (χ1n) is 12.3. The van der Waals surface area contributed by atoms with Gasteiger partial charge in [-0.15, -0.1) is 0 Å². The zero-order chi connectivity index (χ0) is 24.5. The molecule has 2 aliphatic rings. The lowest BCUT2D eigenvalue weighted by Gasteiger charge is -2.40. The van der Waals surface area contributed by atoms with Crippen LogP contribution in [0.4, 0.5) is 4.79 Å². The molecule has 2 heterocycles. The number of imidazole rings is 1. The summed E-state index contributed by atoms with van der Waals surface area (Å²) in [6.45, 7) is 8.58. The molecule has 1 unspecified atom stereocenters. The predicted octanol–water partition coefficient (Wildman–Crippen LogP) is 4.43. The molecule has 1 aliphatic heterocycles. The highest BCUT2D eigenvalue weighted by Gasteiger charge is 2.35. The number of hydrogen-bond acceptors (Lipinski definition) is 4. The van der Waals surface area contributed by atoms with Crippen molar-refractivity contribution in [2.24, 2.45) is 0 Å². The van der Waals surface area contributed by atoms with Crippen molar-refractivity contribution in [3.05, 3.63) is 46.5 Å². The van der Waals surface area contributed by atoms with E-state index in [-0.39, 0.29) is 29.8 Å². The van der Waals surface area contributed by atoms with Crippen molar-refractivity contribution < 1.29 is 14.3 Å².